The molecule has 0 saturated carbocycles. The standard InChI is InChI=1S/C33H34O3/c34-33(35-31-23-19-29(20-24-31)17-9-7-15-27-11-3-1-4-12-27)36-32-25-21-30(22-26-32)18-10-8-16-28-13-5-2-6-14-28/h1-6,11-14,19-26H,7-10,15-18H2. The fraction of sp³-hybridized carbons (Fsp3) is 0.242. The van der Waals surface area contributed by atoms with Crippen molar-refractivity contribution in [3.05, 3.63) is 131 Å². The first kappa shape index (κ1) is 25.2. The molecule has 0 aliphatic heterocycles. The Balaban J connectivity index is 1.13. The molecule has 4 aromatic rings. The van der Waals surface area contributed by atoms with Gasteiger partial charge in [0.25, 0.3) is 0 Å². The summed E-state index contributed by atoms with van der Waals surface area (Å²) in [5.74, 6) is 0.978. The van der Waals surface area contributed by atoms with Crippen LogP contribution in [0.1, 0.15) is 47.9 Å². The second-order valence-electron chi connectivity index (χ2n) is 9.13. The van der Waals surface area contributed by atoms with E-state index in [-0.39, 0.29) is 0 Å². The van der Waals surface area contributed by atoms with E-state index < -0.39 is 6.16 Å². The first-order valence-corrected chi connectivity index (χ1v) is 12.9. The number of carbonyl (C=O) groups excluding carboxylic acids is 1. The minimum Gasteiger partial charge on any atom is -0.395 e. The van der Waals surface area contributed by atoms with Crippen molar-refractivity contribution >= 4 is 6.16 Å². The number of rotatable bonds is 12. The van der Waals surface area contributed by atoms with Gasteiger partial charge in [0.05, 0.1) is 0 Å². The Labute approximate surface area is 214 Å². The molecule has 184 valence electrons. The Hall–Kier alpha value is -3.85. The Morgan fingerprint density at radius 2 is 0.722 bits per heavy atom. The van der Waals surface area contributed by atoms with E-state index >= 15 is 0 Å². The highest BCUT2D eigenvalue weighted by molar-refractivity contribution is 5.67. The van der Waals surface area contributed by atoms with Gasteiger partial charge in [-0.15, -0.1) is 0 Å². The number of carbonyl (C=O) groups is 1. The van der Waals surface area contributed by atoms with Crippen molar-refractivity contribution in [2.75, 3.05) is 0 Å². The molecule has 36 heavy (non-hydrogen) atoms. The van der Waals surface area contributed by atoms with Gasteiger partial charge in [-0.1, -0.05) is 84.9 Å². The molecule has 0 fully saturated rings. The maximum absolute atomic E-state index is 12.2. The number of benzene rings is 4. The van der Waals surface area contributed by atoms with E-state index in [4.69, 9.17) is 9.47 Å². The minimum absolute atomic E-state index is 0.489. The van der Waals surface area contributed by atoms with Crippen molar-refractivity contribution in [1.82, 2.24) is 0 Å². The van der Waals surface area contributed by atoms with E-state index in [0.29, 0.717) is 11.5 Å². The predicted molar refractivity (Wildman–Crippen MR) is 146 cm³/mol. The largest absolute Gasteiger partial charge is 0.519 e. The molecule has 0 heterocycles. The van der Waals surface area contributed by atoms with Crippen LogP contribution in [0, 0.1) is 0 Å². The van der Waals surface area contributed by atoms with Crippen LogP contribution in [0.3, 0.4) is 0 Å². The van der Waals surface area contributed by atoms with Crippen molar-refractivity contribution in [2.45, 2.75) is 51.4 Å². The topological polar surface area (TPSA) is 35.5 Å². The third-order valence-corrected chi connectivity index (χ3v) is 6.30. The molecule has 0 N–H and O–H groups in total. The number of hydrogen-bond donors (Lipinski definition) is 0. The number of ether oxygens (including phenoxy) is 2. The van der Waals surface area contributed by atoms with E-state index in [1.54, 1.807) is 0 Å². The second kappa shape index (κ2) is 13.9. The maximum atomic E-state index is 12.2. The molecule has 0 spiro atoms. The lowest BCUT2D eigenvalue weighted by Gasteiger charge is -2.08. The summed E-state index contributed by atoms with van der Waals surface area (Å²) in [7, 11) is 0. The average Bonchev–Trinajstić information content (AvgIpc) is 2.92. The van der Waals surface area contributed by atoms with Crippen molar-refractivity contribution in [1.29, 1.82) is 0 Å². The molecule has 0 aliphatic carbocycles. The highest BCUT2D eigenvalue weighted by Gasteiger charge is 2.08. The van der Waals surface area contributed by atoms with Crippen LogP contribution in [-0.4, -0.2) is 6.16 Å². The fourth-order valence-electron chi connectivity index (χ4n) is 4.27. The summed E-state index contributed by atoms with van der Waals surface area (Å²) in [6.07, 6.45) is 8.06. The first-order chi connectivity index (χ1) is 17.7. The molecule has 4 aromatic carbocycles. The van der Waals surface area contributed by atoms with Crippen LogP contribution in [0.15, 0.2) is 109 Å². The Bertz CT molecular complexity index is 1070. The number of aryl methyl sites for hydroxylation is 4. The van der Waals surface area contributed by atoms with Crippen molar-refractivity contribution in [3.8, 4) is 11.5 Å². The lowest BCUT2D eigenvalue weighted by atomic mass is 10.0. The molecule has 0 unspecified atom stereocenters. The molecule has 0 aliphatic rings. The molecule has 0 atom stereocenters. The minimum atomic E-state index is -0.721. The zero-order valence-electron chi connectivity index (χ0n) is 20.8. The molecule has 4 rings (SSSR count). The normalized spacial score (nSPS) is 10.7. The highest BCUT2D eigenvalue weighted by Crippen LogP contribution is 2.18. The third kappa shape index (κ3) is 8.74. The van der Waals surface area contributed by atoms with Gasteiger partial charge in [0, 0.05) is 0 Å². The summed E-state index contributed by atoms with van der Waals surface area (Å²) in [6.45, 7) is 0. The molecule has 3 heteroatoms. The summed E-state index contributed by atoms with van der Waals surface area (Å²) in [4.78, 5) is 12.2. The Morgan fingerprint density at radius 1 is 0.417 bits per heavy atom. The van der Waals surface area contributed by atoms with E-state index in [0.717, 1.165) is 51.4 Å². The molecular weight excluding hydrogens is 444 g/mol. The van der Waals surface area contributed by atoms with Gasteiger partial charge < -0.3 is 9.47 Å². The fourth-order valence-corrected chi connectivity index (χ4v) is 4.27. The SMILES string of the molecule is O=C(Oc1ccc(CCCCc2ccccc2)cc1)Oc1ccc(CCCCc2ccccc2)cc1. The van der Waals surface area contributed by atoms with Crippen LogP contribution in [0.2, 0.25) is 0 Å². The van der Waals surface area contributed by atoms with Gasteiger partial charge in [0.15, 0.2) is 0 Å². The van der Waals surface area contributed by atoms with Crippen LogP contribution in [0.25, 0.3) is 0 Å². The number of unbranched alkanes of at least 4 members (excludes halogenated alkanes) is 2. The van der Waals surface area contributed by atoms with Gasteiger partial charge in [-0.25, -0.2) is 4.79 Å². The van der Waals surface area contributed by atoms with E-state index in [1.807, 2.05) is 48.5 Å². The lowest BCUT2D eigenvalue weighted by molar-refractivity contribution is 0.152. The summed E-state index contributed by atoms with van der Waals surface area (Å²) in [6, 6.07) is 36.5. The van der Waals surface area contributed by atoms with Gasteiger partial charge in [0.2, 0.25) is 0 Å². The third-order valence-electron chi connectivity index (χ3n) is 6.30. The van der Waals surface area contributed by atoms with E-state index in [9.17, 15) is 4.79 Å². The first-order valence-electron chi connectivity index (χ1n) is 12.9. The molecule has 0 saturated heterocycles. The van der Waals surface area contributed by atoms with Crippen molar-refractivity contribution in [3.63, 3.8) is 0 Å². The van der Waals surface area contributed by atoms with Crippen molar-refractivity contribution in [2.24, 2.45) is 0 Å². The summed E-state index contributed by atoms with van der Waals surface area (Å²) < 4.78 is 10.7. The number of hydrogen-bond acceptors (Lipinski definition) is 3. The van der Waals surface area contributed by atoms with Gasteiger partial charge >= 0.3 is 6.16 Å². The van der Waals surface area contributed by atoms with Crippen LogP contribution in [0.4, 0.5) is 4.79 Å². The molecule has 0 radical (unpaired) electrons. The average molecular weight is 479 g/mol. The van der Waals surface area contributed by atoms with Crippen LogP contribution in [-0.2, 0) is 25.7 Å². The van der Waals surface area contributed by atoms with Gasteiger partial charge in [0.1, 0.15) is 11.5 Å². The summed E-state index contributed by atoms with van der Waals surface area (Å²) in [5, 5.41) is 0. The van der Waals surface area contributed by atoms with Crippen LogP contribution >= 0.6 is 0 Å². The van der Waals surface area contributed by atoms with Gasteiger partial charge in [-0.2, -0.15) is 0 Å². The Kier molecular flexibility index (Phi) is 9.74. The van der Waals surface area contributed by atoms with Gasteiger partial charge in [-0.05, 0) is 97.9 Å². The van der Waals surface area contributed by atoms with Crippen LogP contribution in [0.5, 0.6) is 11.5 Å². The molecule has 0 aromatic heterocycles. The smallest absolute Gasteiger partial charge is 0.395 e. The monoisotopic (exact) mass is 478 g/mol. The lowest BCUT2D eigenvalue weighted by Crippen LogP contribution is -2.13. The zero-order chi connectivity index (χ0) is 24.8. The molecule has 3 nitrogen and oxygen atoms in total. The summed E-state index contributed by atoms with van der Waals surface area (Å²) >= 11 is 0. The second-order valence-corrected chi connectivity index (χ2v) is 9.13. The quantitative estimate of drug-likeness (QED) is 0.116. The molecular formula is C33H34O3. The van der Waals surface area contributed by atoms with Crippen LogP contribution < -0.4 is 9.47 Å². The summed E-state index contributed by atoms with van der Waals surface area (Å²) in [5.41, 5.74) is 5.24. The maximum Gasteiger partial charge on any atom is 0.519 e. The van der Waals surface area contributed by atoms with E-state index in [2.05, 4.69) is 60.7 Å². The zero-order valence-corrected chi connectivity index (χ0v) is 20.8. The molecule has 0 amide bonds. The van der Waals surface area contributed by atoms with E-state index in [1.165, 1.54) is 22.3 Å². The Morgan fingerprint density at radius 3 is 1.06 bits per heavy atom. The highest BCUT2D eigenvalue weighted by atomic mass is 16.7. The van der Waals surface area contributed by atoms with Crippen molar-refractivity contribution < 1.29 is 14.3 Å². The van der Waals surface area contributed by atoms with Gasteiger partial charge in [-0.3, -0.25) is 0 Å². The molecule has 0 bridgehead atoms. The predicted octanol–water partition coefficient (Wildman–Crippen LogP) is 8.40.